The summed E-state index contributed by atoms with van der Waals surface area (Å²) in [4.78, 5) is 34.2. The molecule has 1 amide bonds. The number of allylic oxidation sites excluding steroid dienone is 2. The van der Waals surface area contributed by atoms with E-state index < -0.39 is 52.6 Å². The van der Waals surface area contributed by atoms with Gasteiger partial charge < -0.3 is 14.9 Å². The van der Waals surface area contributed by atoms with Crippen LogP contribution >= 0.6 is 0 Å². The number of carbonyl (C=O) groups excluding carboxylic acids is 1. The minimum Gasteiger partial charge on any atom is -0.481 e. The van der Waals surface area contributed by atoms with Gasteiger partial charge in [-0.15, -0.1) is 6.42 Å². The summed E-state index contributed by atoms with van der Waals surface area (Å²) in [5, 5.41) is 22.2. The Balaban J connectivity index is 1.97. The molecule has 1 aromatic heterocycles. The number of amides is 1. The van der Waals surface area contributed by atoms with Crippen molar-refractivity contribution in [2.75, 3.05) is 20.6 Å². The van der Waals surface area contributed by atoms with Crippen LogP contribution in [0.15, 0.2) is 59.7 Å². The largest absolute Gasteiger partial charge is 0.481 e. The van der Waals surface area contributed by atoms with Crippen molar-refractivity contribution in [1.82, 2.24) is 14.8 Å². The summed E-state index contributed by atoms with van der Waals surface area (Å²) >= 11 is 0. The summed E-state index contributed by atoms with van der Waals surface area (Å²) in [6.07, 6.45) is 4.90. The van der Waals surface area contributed by atoms with E-state index in [-0.39, 0.29) is 41.3 Å². The van der Waals surface area contributed by atoms with Gasteiger partial charge in [-0.3, -0.25) is 4.79 Å². The molecule has 4 rings (SSSR count). The first-order chi connectivity index (χ1) is 21.9. The lowest BCUT2D eigenvalue weighted by Gasteiger charge is -2.44. The molecule has 1 aromatic carbocycles. The number of carbonyl (C=O) groups is 2. The number of aromatic nitrogens is 1. The van der Waals surface area contributed by atoms with Crippen LogP contribution in [-0.4, -0.2) is 74.5 Å². The Bertz CT molecular complexity index is 1700. The van der Waals surface area contributed by atoms with Crippen molar-refractivity contribution in [3.05, 3.63) is 87.9 Å². The van der Waals surface area contributed by atoms with Gasteiger partial charge in [-0.05, 0) is 99.2 Å². The molecule has 0 fully saturated rings. The van der Waals surface area contributed by atoms with E-state index in [2.05, 4.69) is 10.9 Å². The monoisotopic (exact) mass is 655 g/mol. The van der Waals surface area contributed by atoms with Crippen molar-refractivity contribution in [3.8, 4) is 23.5 Å². The molecule has 2 N–H and O–H groups in total. The van der Waals surface area contributed by atoms with Crippen LogP contribution in [0, 0.1) is 37.9 Å². The van der Waals surface area contributed by atoms with Gasteiger partial charge in [0, 0.05) is 30.1 Å². The standard InChI is InChI=1S/C35H38F4N4O4/c1-8-29-27(33-21(4)12-25(36)13-22(33)5)14-24(17-40-29)31(16-32(44)45)43(47)19-26-15-28(35(37,38)39)23(9-10-41(6)7)18-42(26)30(34(43)46)11-20(2)3/h1,12-15,17-20,30-31,47H,9-11,16H2,2-7H3/p+1. The number of alkyl halides is 3. The van der Waals surface area contributed by atoms with Crippen molar-refractivity contribution in [2.24, 2.45) is 5.92 Å². The summed E-state index contributed by atoms with van der Waals surface area (Å²) in [5.41, 5.74) is 1.20. The van der Waals surface area contributed by atoms with Gasteiger partial charge in [-0.2, -0.15) is 13.2 Å². The molecule has 2 aromatic rings. The number of rotatable bonds is 10. The SMILES string of the molecule is C#Cc1ncc(C(CC(=O)O)[N+]2(O)C=C3C=C(C(F)(F)F)C(CCN(C)C)=CN3C(CC(C)C)C2=O)cc1-c1c(C)cc(F)cc1C. The Labute approximate surface area is 271 Å². The van der Waals surface area contributed by atoms with Gasteiger partial charge in [-0.25, -0.2) is 19.4 Å². The lowest BCUT2D eigenvalue weighted by atomic mass is 9.90. The number of quaternary nitrogens is 1. The number of terminal acetylenes is 1. The number of carboxylic acid groups (broad SMARTS) is 1. The fourth-order valence-electron chi connectivity index (χ4n) is 6.29. The molecule has 0 aliphatic carbocycles. The number of fused-ring (bicyclic) bond motifs is 1. The van der Waals surface area contributed by atoms with Crippen molar-refractivity contribution in [1.29, 1.82) is 0 Å². The molecule has 0 saturated carbocycles. The molecule has 0 bridgehead atoms. The van der Waals surface area contributed by atoms with Crippen LogP contribution in [-0.2, 0) is 9.59 Å². The maximum Gasteiger partial charge on any atom is 0.416 e. The van der Waals surface area contributed by atoms with Gasteiger partial charge >= 0.3 is 18.1 Å². The predicted octanol–water partition coefficient (Wildman–Crippen LogP) is 6.64. The second-order valence-electron chi connectivity index (χ2n) is 12.8. The molecule has 3 atom stereocenters. The first-order valence-electron chi connectivity index (χ1n) is 15.1. The van der Waals surface area contributed by atoms with Gasteiger partial charge in [0.2, 0.25) is 0 Å². The van der Waals surface area contributed by atoms with Crippen molar-refractivity contribution >= 4 is 11.9 Å². The zero-order valence-electron chi connectivity index (χ0n) is 27.2. The summed E-state index contributed by atoms with van der Waals surface area (Å²) < 4.78 is 55.7. The van der Waals surface area contributed by atoms with E-state index in [1.54, 1.807) is 32.8 Å². The van der Waals surface area contributed by atoms with E-state index in [0.29, 0.717) is 28.8 Å². The molecule has 0 radical (unpaired) electrons. The molecule has 47 heavy (non-hydrogen) atoms. The topological polar surface area (TPSA) is 94.0 Å². The Morgan fingerprint density at radius 2 is 1.83 bits per heavy atom. The first kappa shape index (κ1) is 35.5. The summed E-state index contributed by atoms with van der Waals surface area (Å²) in [6.45, 7) is 7.35. The first-order valence-corrected chi connectivity index (χ1v) is 15.1. The quantitative estimate of drug-likeness (QED) is 0.128. The normalized spacial score (nSPS) is 20.4. The zero-order chi connectivity index (χ0) is 35.0. The third kappa shape index (κ3) is 7.32. The van der Waals surface area contributed by atoms with Crippen LogP contribution in [0.3, 0.4) is 0 Å². The number of benzene rings is 1. The highest BCUT2D eigenvalue weighted by Crippen LogP contribution is 2.44. The van der Waals surface area contributed by atoms with Gasteiger partial charge in [0.25, 0.3) is 0 Å². The molecule has 3 unspecified atom stereocenters. The average molecular weight is 656 g/mol. The number of hydrogen-bond acceptors (Lipinski definition) is 6. The molecular weight excluding hydrogens is 616 g/mol. The van der Waals surface area contributed by atoms with E-state index in [1.165, 1.54) is 35.5 Å². The minimum absolute atomic E-state index is 0.00585. The van der Waals surface area contributed by atoms with E-state index in [1.807, 2.05) is 13.8 Å². The van der Waals surface area contributed by atoms with Gasteiger partial charge in [0.15, 0.2) is 18.3 Å². The Hall–Kier alpha value is -4.31. The number of aryl methyl sites for hydroxylation is 2. The van der Waals surface area contributed by atoms with Crippen LogP contribution in [0.25, 0.3) is 11.1 Å². The number of nitrogens with zero attached hydrogens (tertiary/aromatic N) is 4. The van der Waals surface area contributed by atoms with E-state index in [0.717, 1.165) is 12.3 Å². The summed E-state index contributed by atoms with van der Waals surface area (Å²) in [7, 11) is 3.49. The number of halogens is 4. The van der Waals surface area contributed by atoms with E-state index in [4.69, 9.17) is 6.42 Å². The van der Waals surface area contributed by atoms with Crippen LogP contribution in [0.1, 0.15) is 61.5 Å². The molecule has 0 saturated heterocycles. The predicted molar refractivity (Wildman–Crippen MR) is 168 cm³/mol. The minimum atomic E-state index is -4.74. The van der Waals surface area contributed by atoms with E-state index >= 15 is 0 Å². The van der Waals surface area contributed by atoms with Crippen molar-refractivity contribution in [2.45, 2.75) is 65.2 Å². The second kappa shape index (κ2) is 13.4. The van der Waals surface area contributed by atoms with Crippen LogP contribution in [0.2, 0.25) is 0 Å². The van der Waals surface area contributed by atoms with Gasteiger partial charge in [-0.1, -0.05) is 18.5 Å². The summed E-state index contributed by atoms with van der Waals surface area (Å²) in [5.74, 6) is -0.286. The smallest absolute Gasteiger partial charge is 0.416 e. The maximum atomic E-state index is 14.4. The third-order valence-electron chi connectivity index (χ3n) is 8.40. The van der Waals surface area contributed by atoms with Crippen LogP contribution in [0.4, 0.5) is 17.6 Å². The maximum absolute atomic E-state index is 14.4. The van der Waals surface area contributed by atoms with Crippen molar-refractivity contribution < 1.29 is 42.1 Å². The highest BCUT2D eigenvalue weighted by atomic mass is 19.4. The molecular formula is C35H39F4N4O4+. The molecule has 12 heteroatoms. The highest BCUT2D eigenvalue weighted by molar-refractivity contribution is 5.79. The number of aliphatic carboxylic acids is 1. The Kier molecular flexibility index (Phi) is 10.2. The Morgan fingerprint density at radius 1 is 1.19 bits per heavy atom. The van der Waals surface area contributed by atoms with Gasteiger partial charge in [0.05, 0.1) is 11.3 Å². The lowest BCUT2D eigenvalue weighted by molar-refractivity contribution is -1.03. The fourth-order valence-corrected chi connectivity index (χ4v) is 6.29. The van der Waals surface area contributed by atoms with Crippen LogP contribution < -0.4 is 0 Å². The number of pyridine rings is 1. The molecule has 250 valence electrons. The molecule has 0 spiro atoms. The van der Waals surface area contributed by atoms with Crippen molar-refractivity contribution in [3.63, 3.8) is 0 Å². The lowest BCUT2D eigenvalue weighted by Crippen LogP contribution is -2.60. The molecule has 3 heterocycles. The number of hydrogen-bond donors (Lipinski definition) is 2. The molecule has 2 aliphatic rings. The Morgan fingerprint density at radius 3 is 2.36 bits per heavy atom. The van der Waals surface area contributed by atoms with E-state index in [9.17, 15) is 37.5 Å². The number of carboxylic acids is 1. The summed E-state index contributed by atoms with van der Waals surface area (Å²) in [6, 6.07) is 1.48. The zero-order valence-corrected chi connectivity index (χ0v) is 27.2. The number of hydroxylamine groups is 3. The molecule has 2 aliphatic heterocycles. The fraction of sp³-hybridized carbons (Fsp3) is 0.400. The van der Waals surface area contributed by atoms with Gasteiger partial charge in [0.1, 0.15) is 17.9 Å². The third-order valence-corrected chi connectivity index (χ3v) is 8.40. The van der Waals surface area contributed by atoms with Crippen LogP contribution in [0.5, 0.6) is 0 Å². The molecule has 8 nitrogen and oxygen atoms in total. The average Bonchev–Trinajstić information content (AvgIpc) is 2.95. The highest BCUT2D eigenvalue weighted by Gasteiger charge is 2.55. The second-order valence-corrected chi connectivity index (χ2v) is 12.8.